The second kappa shape index (κ2) is 8.53. The molecule has 0 aromatic heterocycles. The fourth-order valence-electron chi connectivity index (χ4n) is 2.21. The summed E-state index contributed by atoms with van der Waals surface area (Å²) >= 11 is 5.84. The molecule has 0 aliphatic rings. The number of amides is 1. The molecule has 6 nitrogen and oxygen atoms in total. The number of carbonyl (C=O) groups is 1. The smallest absolute Gasteiger partial charge is 0.246 e. The Balaban J connectivity index is 1.99. The van der Waals surface area contributed by atoms with Gasteiger partial charge in [-0.1, -0.05) is 11.6 Å². The molecule has 26 heavy (non-hydrogen) atoms. The van der Waals surface area contributed by atoms with Crippen molar-refractivity contribution in [3.05, 3.63) is 53.6 Å². The largest absolute Gasteiger partial charge is 0.374 e. The van der Waals surface area contributed by atoms with Crippen molar-refractivity contribution in [3.63, 3.8) is 0 Å². The average Bonchev–Trinajstić information content (AvgIpc) is 2.56. The molecule has 0 radical (unpaired) electrons. The van der Waals surface area contributed by atoms with E-state index in [1.54, 1.807) is 57.2 Å². The number of anilines is 2. The lowest BCUT2D eigenvalue weighted by atomic mass is 10.2. The number of benzene rings is 2. The van der Waals surface area contributed by atoms with Gasteiger partial charge < -0.3 is 10.6 Å². The van der Waals surface area contributed by atoms with Crippen LogP contribution in [-0.4, -0.2) is 26.4 Å². The van der Waals surface area contributed by atoms with E-state index in [4.69, 9.17) is 11.6 Å². The normalized spacial score (nSPS) is 12.7. The number of hydrogen-bond donors (Lipinski definition) is 3. The first kappa shape index (κ1) is 20.2. The monoisotopic (exact) mass is 395 g/mol. The van der Waals surface area contributed by atoms with Gasteiger partial charge >= 0.3 is 0 Å². The van der Waals surface area contributed by atoms with Crippen molar-refractivity contribution in [2.75, 3.05) is 10.6 Å². The molecule has 0 heterocycles. The van der Waals surface area contributed by atoms with Crippen LogP contribution in [0, 0.1) is 0 Å². The zero-order valence-corrected chi connectivity index (χ0v) is 16.4. The summed E-state index contributed by atoms with van der Waals surface area (Å²) in [7, 11) is -3.55. The lowest BCUT2D eigenvalue weighted by Gasteiger charge is -2.16. The fourth-order valence-corrected chi connectivity index (χ4v) is 3.58. The van der Waals surface area contributed by atoms with Crippen molar-refractivity contribution in [2.45, 2.75) is 37.8 Å². The van der Waals surface area contributed by atoms with E-state index >= 15 is 0 Å². The minimum absolute atomic E-state index is 0.150. The molecule has 1 atom stereocenters. The molecule has 3 N–H and O–H groups in total. The minimum Gasteiger partial charge on any atom is -0.374 e. The summed E-state index contributed by atoms with van der Waals surface area (Å²) < 4.78 is 26.7. The Hall–Kier alpha value is -2.09. The Morgan fingerprint density at radius 3 is 2.00 bits per heavy atom. The van der Waals surface area contributed by atoms with Gasteiger partial charge in [-0.2, -0.15) is 0 Å². The molecule has 0 bridgehead atoms. The molecule has 2 aromatic rings. The Kier molecular flexibility index (Phi) is 6.63. The molecule has 2 rings (SSSR count). The van der Waals surface area contributed by atoms with E-state index < -0.39 is 16.1 Å². The van der Waals surface area contributed by atoms with Crippen LogP contribution in [0.1, 0.15) is 20.8 Å². The van der Waals surface area contributed by atoms with Gasteiger partial charge in [0.15, 0.2) is 0 Å². The van der Waals surface area contributed by atoms with Crippen LogP contribution in [0.25, 0.3) is 0 Å². The van der Waals surface area contributed by atoms with Gasteiger partial charge in [-0.05, 0) is 69.3 Å². The lowest BCUT2D eigenvalue weighted by molar-refractivity contribution is -0.116. The van der Waals surface area contributed by atoms with E-state index in [-0.39, 0.29) is 16.8 Å². The van der Waals surface area contributed by atoms with Crippen LogP contribution in [0.3, 0.4) is 0 Å². The van der Waals surface area contributed by atoms with Crippen LogP contribution in [0.2, 0.25) is 5.02 Å². The third-order valence-electron chi connectivity index (χ3n) is 3.44. The minimum atomic E-state index is -3.55. The van der Waals surface area contributed by atoms with E-state index in [1.165, 1.54) is 12.1 Å². The topological polar surface area (TPSA) is 87.3 Å². The molecule has 2 aromatic carbocycles. The molecule has 0 fully saturated rings. The molecule has 8 heteroatoms. The highest BCUT2D eigenvalue weighted by Crippen LogP contribution is 2.16. The highest BCUT2D eigenvalue weighted by atomic mass is 35.5. The van der Waals surface area contributed by atoms with Gasteiger partial charge in [0.1, 0.15) is 6.04 Å². The summed E-state index contributed by atoms with van der Waals surface area (Å²) in [6.07, 6.45) is 0. The van der Waals surface area contributed by atoms with Gasteiger partial charge in [-0.15, -0.1) is 0 Å². The number of carbonyl (C=O) groups excluding carboxylic acids is 1. The first-order valence-corrected chi connectivity index (χ1v) is 9.99. The zero-order valence-electron chi connectivity index (χ0n) is 14.8. The Morgan fingerprint density at radius 2 is 1.46 bits per heavy atom. The molecule has 0 saturated carbocycles. The molecule has 0 saturated heterocycles. The average molecular weight is 396 g/mol. The maximum atomic E-state index is 12.3. The van der Waals surface area contributed by atoms with Crippen LogP contribution in [0.15, 0.2) is 53.4 Å². The molecule has 0 aliphatic heterocycles. The summed E-state index contributed by atoms with van der Waals surface area (Å²) in [5, 5.41) is 6.44. The molecular formula is C18H22ClN3O3S. The quantitative estimate of drug-likeness (QED) is 0.669. The molecular weight excluding hydrogens is 374 g/mol. The van der Waals surface area contributed by atoms with Crippen LogP contribution in [-0.2, 0) is 14.8 Å². The first-order chi connectivity index (χ1) is 12.2. The Bertz CT molecular complexity index is 850. The Labute approximate surface area is 159 Å². The molecule has 1 amide bonds. The van der Waals surface area contributed by atoms with Gasteiger partial charge in [0.25, 0.3) is 0 Å². The zero-order chi connectivity index (χ0) is 19.3. The first-order valence-electron chi connectivity index (χ1n) is 8.13. The van der Waals surface area contributed by atoms with E-state index in [0.717, 1.165) is 5.69 Å². The van der Waals surface area contributed by atoms with Crippen LogP contribution in [0.5, 0.6) is 0 Å². The molecule has 0 spiro atoms. The van der Waals surface area contributed by atoms with Crippen molar-refractivity contribution in [3.8, 4) is 0 Å². The number of nitrogens with one attached hydrogen (secondary N) is 3. The number of rotatable bonds is 7. The highest BCUT2D eigenvalue weighted by molar-refractivity contribution is 7.89. The second-order valence-electron chi connectivity index (χ2n) is 6.16. The lowest BCUT2D eigenvalue weighted by Crippen LogP contribution is -2.32. The molecule has 1 unspecified atom stereocenters. The van der Waals surface area contributed by atoms with E-state index in [0.29, 0.717) is 10.7 Å². The second-order valence-corrected chi connectivity index (χ2v) is 8.31. The maximum Gasteiger partial charge on any atom is 0.246 e. The van der Waals surface area contributed by atoms with Gasteiger partial charge in [0, 0.05) is 22.4 Å². The predicted octanol–water partition coefficient (Wildman–Crippen LogP) is 3.47. The van der Waals surface area contributed by atoms with Gasteiger partial charge in [0.2, 0.25) is 15.9 Å². The summed E-state index contributed by atoms with van der Waals surface area (Å²) in [6.45, 7) is 5.23. The summed E-state index contributed by atoms with van der Waals surface area (Å²) in [5.74, 6) is -0.240. The summed E-state index contributed by atoms with van der Waals surface area (Å²) in [6, 6.07) is 12.4. The highest BCUT2D eigenvalue weighted by Gasteiger charge is 2.16. The summed E-state index contributed by atoms with van der Waals surface area (Å²) in [5.41, 5.74) is 1.29. The van der Waals surface area contributed by atoms with E-state index in [2.05, 4.69) is 15.4 Å². The summed E-state index contributed by atoms with van der Waals surface area (Å²) in [4.78, 5) is 12.4. The number of sulfonamides is 1. The SMILES string of the molecule is CC(C)NS(=O)(=O)c1ccc(NC(=O)C(C)Nc2ccc(Cl)cc2)cc1. The van der Waals surface area contributed by atoms with Crippen molar-refractivity contribution < 1.29 is 13.2 Å². The predicted molar refractivity (Wildman–Crippen MR) is 105 cm³/mol. The van der Waals surface area contributed by atoms with Crippen LogP contribution < -0.4 is 15.4 Å². The van der Waals surface area contributed by atoms with Gasteiger partial charge in [0.05, 0.1) is 4.90 Å². The third-order valence-corrected chi connectivity index (χ3v) is 5.37. The molecule has 140 valence electrons. The van der Waals surface area contributed by atoms with Gasteiger partial charge in [-0.25, -0.2) is 13.1 Å². The number of hydrogen-bond acceptors (Lipinski definition) is 4. The fraction of sp³-hybridized carbons (Fsp3) is 0.278. The number of halogens is 1. The van der Waals surface area contributed by atoms with Crippen LogP contribution >= 0.6 is 11.6 Å². The standard InChI is InChI=1S/C18H22ClN3O3S/c1-12(2)22-26(24,25)17-10-8-16(9-11-17)21-18(23)13(3)20-15-6-4-14(19)5-7-15/h4-13,20,22H,1-3H3,(H,21,23). The van der Waals surface area contributed by atoms with Crippen LogP contribution in [0.4, 0.5) is 11.4 Å². The third kappa shape index (κ3) is 5.72. The Morgan fingerprint density at radius 1 is 0.923 bits per heavy atom. The van der Waals surface area contributed by atoms with E-state index in [9.17, 15) is 13.2 Å². The molecule has 0 aliphatic carbocycles. The van der Waals surface area contributed by atoms with Crippen molar-refractivity contribution in [1.29, 1.82) is 0 Å². The van der Waals surface area contributed by atoms with Gasteiger partial charge in [-0.3, -0.25) is 4.79 Å². The van der Waals surface area contributed by atoms with E-state index in [1.807, 2.05) is 0 Å². The maximum absolute atomic E-state index is 12.3. The van der Waals surface area contributed by atoms with Crippen molar-refractivity contribution >= 4 is 38.9 Å². The van der Waals surface area contributed by atoms with Crippen molar-refractivity contribution in [2.24, 2.45) is 0 Å². The van der Waals surface area contributed by atoms with Crippen molar-refractivity contribution in [1.82, 2.24) is 4.72 Å².